The first-order chi connectivity index (χ1) is 4.85. The zero-order chi connectivity index (χ0) is 7.82. The molecule has 0 aromatic heterocycles. The van der Waals surface area contributed by atoms with E-state index in [2.05, 4.69) is 10.6 Å². The summed E-state index contributed by atoms with van der Waals surface area (Å²) in [5.41, 5.74) is 0. The molecule has 0 rings (SSSR count). The molecule has 0 amide bonds. The average Bonchev–Trinajstić information content (AvgIpc) is 1.99. The second-order valence-electron chi connectivity index (χ2n) is 2.04. The zero-order valence-electron chi connectivity index (χ0n) is 6.55. The van der Waals surface area contributed by atoms with Gasteiger partial charge in [0.15, 0.2) is 0 Å². The van der Waals surface area contributed by atoms with Gasteiger partial charge in [-0.25, -0.2) is 0 Å². The maximum atomic E-state index is 8.66. The van der Waals surface area contributed by atoms with E-state index in [9.17, 15) is 0 Å². The van der Waals surface area contributed by atoms with Crippen molar-refractivity contribution in [3.63, 3.8) is 0 Å². The summed E-state index contributed by atoms with van der Waals surface area (Å²) < 4.78 is 5.09. The molecule has 4 heteroatoms. The van der Waals surface area contributed by atoms with Crippen molar-refractivity contribution >= 4 is 0 Å². The number of likely N-dealkylation sites (N-methyl/N-ethyl adjacent to an activating group) is 1. The highest BCUT2D eigenvalue weighted by molar-refractivity contribution is 4.59. The molecule has 0 spiro atoms. The molecule has 0 aliphatic carbocycles. The molecule has 4 nitrogen and oxygen atoms in total. The summed E-state index contributed by atoms with van der Waals surface area (Å²) in [4.78, 5) is 0. The third kappa shape index (κ3) is 4.69. The molecule has 0 radical (unpaired) electrons. The van der Waals surface area contributed by atoms with E-state index >= 15 is 0 Å². The van der Waals surface area contributed by atoms with Crippen molar-refractivity contribution in [2.75, 3.05) is 34.0 Å². The van der Waals surface area contributed by atoms with E-state index < -0.39 is 0 Å². The highest BCUT2D eigenvalue weighted by atomic mass is 16.5. The van der Waals surface area contributed by atoms with Gasteiger partial charge in [0.2, 0.25) is 0 Å². The summed E-state index contributed by atoms with van der Waals surface area (Å²) in [6.45, 7) is 1.17. The summed E-state index contributed by atoms with van der Waals surface area (Å²) in [6.07, 6.45) is 0. The maximum Gasteiger partial charge on any atom is 0.0963 e. The molecule has 0 fully saturated rings. The Balaban J connectivity index is 3.09. The van der Waals surface area contributed by atoms with Gasteiger partial charge in [0.25, 0.3) is 0 Å². The first-order valence-corrected chi connectivity index (χ1v) is 3.35. The van der Waals surface area contributed by atoms with Crippen LogP contribution >= 0.6 is 0 Å². The van der Waals surface area contributed by atoms with E-state index in [4.69, 9.17) is 9.84 Å². The van der Waals surface area contributed by atoms with Crippen LogP contribution in [0.4, 0.5) is 0 Å². The van der Waals surface area contributed by atoms with Crippen LogP contribution in [0.3, 0.4) is 0 Å². The first-order valence-electron chi connectivity index (χ1n) is 3.35. The fourth-order valence-corrected chi connectivity index (χ4v) is 0.531. The van der Waals surface area contributed by atoms with Crippen molar-refractivity contribution in [2.24, 2.45) is 0 Å². The smallest absolute Gasteiger partial charge is 0.0963 e. The van der Waals surface area contributed by atoms with Crippen molar-refractivity contribution in [3.8, 4) is 0 Å². The minimum atomic E-state index is 0.0494. The Kier molecular flexibility index (Phi) is 6.84. The third-order valence-electron chi connectivity index (χ3n) is 1.19. The molecule has 0 bridgehead atoms. The molecule has 0 aliphatic rings. The molecule has 1 atom stereocenters. The molecule has 0 saturated heterocycles. The maximum absolute atomic E-state index is 8.66. The molecule has 1 unspecified atom stereocenters. The summed E-state index contributed by atoms with van der Waals surface area (Å²) in [6, 6.07) is 0.0494. The molecule has 0 aromatic rings. The van der Waals surface area contributed by atoms with Crippen molar-refractivity contribution in [2.45, 2.75) is 6.04 Å². The molecule has 0 heterocycles. The number of aliphatic hydroxyl groups is 1. The number of nitrogens with one attached hydrogen (secondary N) is 2. The highest BCUT2D eigenvalue weighted by Gasteiger charge is 2.01. The van der Waals surface area contributed by atoms with Gasteiger partial charge in [-0.05, 0) is 14.1 Å². The summed E-state index contributed by atoms with van der Waals surface area (Å²) in [5, 5.41) is 14.4. The largest absolute Gasteiger partial charge is 0.395 e. The van der Waals surface area contributed by atoms with Crippen molar-refractivity contribution in [3.05, 3.63) is 0 Å². The van der Waals surface area contributed by atoms with E-state index in [0.717, 1.165) is 0 Å². The van der Waals surface area contributed by atoms with Crippen LogP contribution in [-0.4, -0.2) is 45.2 Å². The van der Waals surface area contributed by atoms with Crippen molar-refractivity contribution in [1.82, 2.24) is 10.6 Å². The van der Waals surface area contributed by atoms with E-state index in [-0.39, 0.29) is 12.6 Å². The normalized spacial score (nSPS) is 13.5. The lowest BCUT2D eigenvalue weighted by Gasteiger charge is -2.12. The van der Waals surface area contributed by atoms with Gasteiger partial charge in [0.05, 0.1) is 26.0 Å². The third-order valence-corrected chi connectivity index (χ3v) is 1.19. The fourth-order valence-electron chi connectivity index (χ4n) is 0.531. The first kappa shape index (κ1) is 9.84. The molecule has 0 aromatic carbocycles. The van der Waals surface area contributed by atoms with Crippen LogP contribution in [-0.2, 0) is 4.74 Å². The number of hydrogen-bond acceptors (Lipinski definition) is 4. The Morgan fingerprint density at radius 2 is 2.20 bits per heavy atom. The average molecular weight is 148 g/mol. The SMILES string of the molecule is CNCOCC(CO)NC. The fraction of sp³-hybridized carbons (Fsp3) is 1.00. The molecular formula is C6H16N2O2. The molecular weight excluding hydrogens is 132 g/mol. The molecule has 0 aliphatic heterocycles. The summed E-state index contributed by atoms with van der Waals surface area (Å²) in [7, 11) is 3.61. The van der Waals surface area contributed by atoms with Crippen LogP contribution in [0.2, 0.25) is 0 Å². The van der Waals surface area contributed by atoms with Crippen LogP contribution < -0.4 is 10.6 Å². The van der Waals surface area contributed by atoms with Crippen LogP contribution in [0.25, 0.3) is 0 Å². The van der Waals surface area contributed by atoms with Gasteiger partial charge in [-0.3, -0.25) is 5.32 Å². The predicted octanol–water partition coefficient (Wildman–Crippen LogP) is -1.24. The minimum absolute atomic E-state index is 0.0494. The van der Waals surface area contributed by atoms with Crippen molar-refractivity contribution < 1.29 is 9.84 Å². The molecule has 62 valence electrons. The molecule has 0 saturated carbocycles. The van der Waals surface area contributed by atoms with Gasteiger partial charge in [0, 0.05) is 0 Å². The Hall–Kier alpha value is -0.160. The number of aliphatic hydroxyl groups excluding tert-OH is 1. The van der Waals surface area contributed by atoms with E-state index in [1.807, 2.05) is 7.05 Å². The van der Waals surface area contributed by atoms with Gasteiger partial charge >= 0.3 is 0 Å². The Morgan fingerprint density at radius 3 is 2.60 bits per heavy atom. The van der Waals surface area contributed by atoms with E-state index in [0.29, 0.717) is 13.3 Å². The lowest BCUT2D eigenvalue weighted by molar-refractivity contribution is 0.0828. The Bertz CT molecular complexity index is 66.8. The Labute approximate surface area is 61.6 Å². The lowest BCUT2D eigenvalue weighted by Crippen LogP contribution is -2.34. The number of rotatable bonds is 6. The van der Waals surface area contributed by atoms with Gasteiger partial charge in [-0.15, -0.1) is 0 Å². The number of ether oxygens (including phenoxy) is 1. The quantitative estimate of drug-likeness (QED) is 0.326. The predicted molar refractivity (Wildman–Crippen MR) is 39.8 cm³/mol. The van der Waals surface area contributed by atoms with Crippen LogP contribution in [0.1, 0.15) is 0 Å². The lowest BCUT2D eigenvalue weighted by atomic mass is 10.3. The standard InChI is InChI=1S/C6H16N2O2/c1-7-5-10-4-6(3-9)8-2/h6-9H,3-5H2,1-2H3. The van der Waals surface area contributed by atoms with Crippen LogP contribution in [0, 0.1) is 0 Å². The summed E-state index contributed by atoms with van der Waals surface area (Å²) >= 11 is 0. The van der Waals surface area contributed by atoms with Gasteiger partial charge in [-0.1, -0.05) is 0 Å². The van der Waals surface area contributed by atoms with Gasteiger partial charge in [0.1, 0.15) is 0 Å². The van der Waals surface area contributed by atoms with E-state index in [1.54, 1.807) is 7.05 Å². The molecule has 3 N–H and O–H groups in total. The van der Waals surface area contributed by atoms with Crippen LogP contribution in [0.15, 0.2) is 0 Å². The van der Waals surface area contributed by atoms with Crippen LogP contribution in [0.5, 0.6) is 0 Å². The molecule has 10 heavy (non-hydrogen) atoms. The van der Waals surface area contributed by atoms with Crippen molar-refractivity contribution in [1.29, 1.82) is 0 Å². The Morgan fingerprint density at radius 1 is 1.50 bits per heavy atom. The summed E-state index contributed by atoms with van der Waals surface area (Å²) in [5.74, 6) is 0. The number of hydrogen-bond donors (Lipinski definition) is 3. The minimum Gasteiger partial charge on any atom is -0.395 e. The highest BCUT2D eigenvalue weighted by Crippen LogP contribution is 1.80. The topological polar surface area (TPSA) is 53.5 Å². The monoisotopic (exact) mass is 148 g/mol. The zero-order valence-corrected chi connectivity index (χ0v) is 6.55. The van der Waals surface area contributed by atoms with Gasteiger partial charge in [-0.2, -0.15) is 0 Å². The second kappa shape index (κ2) is 6.95. The van der Waals surface area contributed by atoms with E-state index in [1.165, 1.54) is 0 Å². The van der Waals surface area contributed by atoms with Gasteiger partial charge < -0.3 is 15.2 Å². The second-order valence-corrected chi connectivity index (χ2v) is 2.04.